The van der Waals surface area contributed by atoms with Crippen molar-refractivity contribution in [1.82, 2.24) is 10.6 Å². The molecule has 3 atom stereocenters. The molecule has 40 heavy (non-hydrogen) atoms. The summed E-state index contributed by atoms with van der Waals surface area (Å²) in [5.74, 6) is -2.23. The minimum Gasteiger partial charge on any atom is -0.356 e. The predicted molar refractivity (Wildman–Crippen MR) is 161 cm³/mol. The molecule has 222 valence electrons. The van der Waals surface area contributed by atoms with Gasteiger partial charge in [0.25, 0.3) is 0 Å². The molecule has 9 heteroatoms. The van der Waals surface area contributed by atoms with Gasteiger partial charge in [-0.05, 0) is 54.5 Å². The molecule has 2 fully saturated rings. The number of benzene rings is 2. The molecule has 5 nitrogen and oxygen atoms in total. The molecule has 2 amide bonds. The van der Waals surface area contributed by atoms with Crippen molar-refractivity contribution in [2.45, 2.75) is 91.1 Å². The van der Waals surface area contributed by atoms with E-state index in [1.165, 1.54) is 56.4 Å². The van der Waals surface area contributed by atoms with Gasteiger partial charge in [-0.1, -0.05) is 89.2 Å². The molecule has 0 radical (unpaired) electrons. The fourth-order valence-corrected chi connectivity index (χ4v) is 5.67. The zero-order chi connectivity index (χ0) is 29.9. The van der Waals surface area contributed by atoms with E-state index < -0.39 is 17.6 Å². The van der Waals surface area contributed by atoms with Crippen molar-refractivity contribution < 1.29 is 18.4 Å². The quantitative estimate of drug-likeness (QED) is 0.294. The second-order valence-electron chi connectivity index (χ2n) is 11.3. The van der Waals surface area contributed by atoms with Crippen molar-refractivity contribution >= 4 is 41.2 Å². The summed E-state index contributed by atoms with van der Waals surface area (Å²) in [5, 5.41) is 8.97. The molecule has 2 aliphatic rings. The average Bonchev–Trinajstić information content (AvgIpc) is 3.32. The second-order valence-corrected chi connectivity index (χ2v) is 12.1. The molecule has 1 heterocycles. The van der Waals surface area contributed by atoms with E-state index >= 15 is 0 Å². The van der Waals surface area contributed by atoms with Crippen LogP contribution < -0.4 is 16.0 Å². The number of hydrogen-bond acceptors (Lipinski definition) is 3. The largest absolute Gasteiger partial charge is 0.356 e. The van der Waals surface area contributed by atoms with E-state index in [4.69, 9.17) is 23.2 Å². The number of carbonyl (C=O) groups excluding carboxylic acids is 2. The Balaban J connectivity index is 0.000000428. The Morgan fingerprint density at radius 2 is 1.73 bits per heavy atom. The summed E-state index contributed by atoms with van der Waals surface area (Å²) in [4.78, 5) is 23.2. The van der Waals surface area contributed by atoms with Crippen LogP contribution in [0.5, 0.6) is 0 Å². The zero-order valence-corrected chi connectivity index (χ0v) is 25.6. The molecule has 0 bridgehead atoms. The van der Waals surface area contributed by atoms with Gasteiger partial charge in [0.05, 0.1) is 16.0 Å². The molecule has 1 saturated heterocycles. The molecule has 0 spiro atoms. The Kier molecular flexibility index (Phi) is 13.8. The van der Waals surface area contributed by atoms with E-state index in [1.54, 1.807) is 12.1 Å². The summed E-state index contributed by atoms with van der Waals surface area (Å²) in [5.41, 5.74) is 0.781. The van der Waals surface area contributed by atoms with E-state index in [-0.39, 0.29) is 33.3 Å². The van der Waals surface area contributed by atoms with Crippen LogP contribution in [0.25, 0.3) is 0 Å². The number of carbonyl (C=O) groups is 2. The zero-order valence-electron chi connectivity index (χ0n) is 24.1. The smallest absolute Gasteiger partial charge is 0.229 e. The molecule has 2 aromatic rings. The van der Waals surface area contributed by atoms with Gasteiger partial charge in [0.2, 0.25) is 12.3 Å². The van der Waals surface area contributed by atoms with Crippen LogP contribution in [0, 0.1) is 23.0 Å². The number of halogens is 4. The topological polar surface area (TPSA) is 70.2 Å². The van der Waals surface area contributed by atoms with Gasteiger partial charge in [0.15, 0.2) is 0 Å². The molecule has 2 aromatic carbocycles. The molecule has 0 aromatic heterocycles. The first kappa shape index (κ1) is 34.0. The van der Waals surface area contributed by atoms with E-state index in [0.717, 1.165) is 12.8 Å². The number of amides is 2. The third-order valence-corrected chi connectivity index (χ3v) is 7.66. The Morgan fingerprint density at radius 3 is 2.33 bits per heavy atom. The summed E-state index contributed by atoms with van der Waals surface area (Å²) in [7, 11) is 0. The molecular formula is C31H43Cl2F2N3O2. The Labute approximate surface area is 247 Å². The molecule has 1 aliphatic carbocycles. The fourth-order valence-electron chi connectivity index (χ4n) is 5.31. The first-order valence-electron chi connectivity index (χ1n) is 14.1. The number of nitrogens with one attached hydrogen (secondary N) is 3. The van der Waals surface area contributed by atoms with Gasteiger partial charge >= 0.3 is 0 Å². The molecule has 3 N–H and O–H groups in total. The normalized spacial score (nSPS) is 20.9. The lowest BCUT2D eigenvalue weighted by Gasteiger charge is -2.29. The van der Waals surface area contributed by atoms with Crippen LogP contribution in [0.2, 0.25) is 10.0 Å². The van der Waals surface area contributed by atoms with Gasteiger partial charge in [-0.2, -0.15) is 0 Å². The highest BCUT2D eigenvalue weighted by Crippen LogP contribution is 2.39. The summed E-state index contributed by atoms with van der Waals surface area (Å²) in [6, 6.07) is 9.20. The molecule has 1 aliphatic heterocycles. The standard InChI is InChI=1S/C22H24Cl2F2N2O.C7H13NO.C2H6/c1-22(2,3)10-18-19(21(29)28-12-7-8-17(25)16(24)9-12)14(11-27-18)13-5-4-6-15(23)20(13)26;9-6-8-7-4-2-1-3-5-7;1-2/h4-9,14,18-19,27H,10-11H2,1-3H3,(H,28,29);6-7H,1-5H2,(H,8,9);1-2H3. The van der Waals surface area contributed by atoms with Crippen LogP contribution in [0.1, 0.15) is 84.6 Å². The maximum atomic E-state index is 14.7. The van der Waals surface area contributed by atoms with Gasteiger partial charge in [-0.15, -0.1) is 0 Å². The van der Waals surface area contributed by atoms with Gasteiger partial charge in [-0.3, -0.25) is 9.59 Å². The average molecular weight is 599 g/mol. The lowest BCUT2D eigenvalue weighted by Crippen LogP contribution is -2.38. The summed E-state index contributed by atoms with van der Waals surface area (Å²) >= 11 is 11.8. The summed E-state index contributed by atoms with van der Waals surface area (Å²) < 4.78 is 28.2. The highest BCUT2D eigenvalue weighted by atomic mass is 35.5. The van der Waals surface area contributed by atoms with Crippen LogP contribution in [0.4, 0.5) is 14.5 Å². The maximum absolute atomic E-state index is 14.7. The number of rotatable bonds is 6. The van der Waals surface area contributed by atoms with Crippen LogP contribution in [-0.2, 0) is 9.59 Å². The van der Waals surface area contributed by atoms with Crippen LogP contribution >= 0.6 is 23.2 Å². The summed E-state index contributed by atoms with van der Waals surface area (Å²) in [6.07, 6.45) is 7.81. The highest BCUT2D eigenvalue weighted by molar-refractivity contribution is 6.31. The maximum Gasteiger partial charge on any atom is 0.229 e. The Hall–Kier alpha value is -2.22. The van der Waals surface area contributed by atoms with Crippen molar-refractivity contribution in [2.75, 3.05) is 11.9 Å². The highest BCUT2D eigenvalue weighted by Gasteiger charge is 2.44. The van der Waals surface area contributed by atoms with E-state index in [0.29, 0.717) is 23.8 Å². The predicted octanol–water partition coefficient (Wildman–Crippen LogP) is 8.11. The van der Waals surface area contributed by atoms with Crippen molar-refractivity contribution in [2.24, 2.45) is 11.3 Å². The van der Waals surface area contributed by atoms with Crippen molar-refractivity contribution in [1.29, 1.82) is 0 Å². The lowest BCUT2D eigenvalue weighted by atomic mass is 9.78. The molecular weight excluding hydrogens is 555 g/mol. The second kappa shape index (κ2) is 16.3. The third-order valence-electron chi connectivity index (χ3n) is 7.08. The lowest BCUT2D eigenvalue weighted by molar-refractivity contribution is -0.120. The Morgan fingerprint density at radius 1 is 1.05 bits per heavy atom. The van der Waals surface area contributed by atoms with Crippen LogP contribution in [0.3, 0.4) is 0 Å². The van der Waals surface area contributed by atoms with Gasteiger partial charge in [-0.25, -0.2) is 8.78 Å². The number of anilines is 1. The van der Waals surface area contributed by atoms with Crippen molar-refractivity contribution in [3.63, 3.8) is 0 Å². The van der Waals surface area contributed by atoms with Gasteiger partial charge in [0, 0.05) is 30.2 Å². The Bertz CT molecular complexity index is 1100. The van der Waals surface area contributed by atoms with Crippen LogP contribution in [-0.4, -0.2) is 30.9 Å². The van der Waals surface area contributed by atoms with E-state index in [2.05, 4.69) is 36.7 Å². The van der Waals surface area contributed by atoms with Crippen LogP contribution in [0.15, 0.2) is 36.4 Å². The summed E-state index contributed by atoms with van der Waals surface area (Å²) in [6.45, 7) is 10.7. The minimum absolute atomic E-state index is 0.0306. The van der Waals surface area contributed by atoms with E-state index in [1.807, 2.05) is 13.8 Å². The fraction of sp³-hybridized carbons (Fsp3) is 0.548. The molecule has 4 rings (SSSR count). The number of hydrogen-bond donors (Lipinski definition) is 3. The first-order valence-corrected chi connectivity index (χ1v) is 14.9. The third kappa shape index (κ3) is 10.0. The molecule has 3 unspecified atom stereocenters. The first-order chi connectivity index (χ1) is 19.0. The van der Waals surface area contributed by atoms with Crippen molar-refractivity contribution in [3.05, 3.63) is 63.6 Å². The van der Waals surface area contributed by atoms with E-state index in [9.17, 15) is 18.4 Å². The molecule has 1 saturated carbocycles. The van der Waals surface area contributed by atoms with Gasteiger partial charge < -0.3 is 16.0 Å². The minimum atomic E-state index is -0.559. The SMILES string of the molecule is CC.CC(C)(C)CC1NCC(c2cccc(Cl)c2F)C1C(=O)Nc1ccc(F)c(Cl)c1.O=CNC1CCCCC1. The monoisotopic (exact) mass is 597 g/mol. The van der Waals surface area contributed by atoms with Crippen molar-refractivity contribution in [3.8, 4) is 0 Å². The van der Waals surface area contributed by atoms with Gasteiger partial charge in [0.1, 0.15) is 11.6 Å².